The summed E-state index contributed by atoms with van der Waals surface area (Å²) in [5, 5.41) is 10.1. The number of rotatable bonds is 10. The minimum atomic E-state index is 0.892. The van der Waals surface area contributed by atoms with E-state index in [1.807, 2.05) is 0 Å². The molecule has 0 saturated carbocycles. The zero-order chi connectivity index (χ0) is 65.4. The third-order valence-corrected chi connectivity index (χ3v) is 21.3. The zero-order valence-electron chi connectivity index (χ0n) is 54.3. The van der Waals surface area contributed by atoms with Gasteiger partial charge in [0.05, 0.1) is 77.1 Å². The van der Waals surface area contributed by atoms with Gasteiger partial charge in [0, 0.05) is 65.6 Å². The van der Waals surface area contributed by atoms with E-state index >= 15 is 0 Å². The van der Waals surface area contributed by atoms with E-state index in [-0.39, 0.29) is 0 Å². The Morgan fingerprint density at radius 1 is 0.222 bits per heavy atom. The van der Waals surface area contributed by atoms with Gasteiger partial charge < -0.3 is 18.3 Å². The summed E-state index contributed by atoms with van der Waals surface area (Å²) in [4.78, 5) is 11.2. The first-order valence-electron chi connectivity index (χ1n) is 33.9. The van der Waals surface area contributed by atoms with Crippen LogP contribution in [0.1, 0.15) is 11.4 Å². The Morgan fingerprint density at radius 2 is 0.515 bits per heavy atom. The number of thiazole rings is 1. The third-order valence-electron chi connectivity index (χ3n) is 20.3. The molecule has 0 bridgehead atoms. The monoisotopic (exact) mass is 1280 g/mol. The van der Waals surface area contributed by atoms with E-state index in [1.54, 1.807) is 11.3 Å². The van der Waals surface area contributed by atoms with Crippen LogP contribution < -0.4 is 0 Å². The van der Waals surface area contributed by atoms with Gasteiger partial charge in [-0.2, -0.15) is 0 Å². The molecule has 0 fully saturated rings. The van der Waals surface area contributed by atoms with E-state index in [2.05, 4.69) is 360 Å². The lowest BCUT2D eigenvalue weighted by molar-refractivity contribution is 1.02. The van der Waals surface area contributed by atoms with Gasteiger partial charge in [-0.25, -0.2) is 4.98 Å². The van der Waals surface area contributed by atoms with Crippen molar-refractivity contribution in [2.45, 2.75) is 13.8 Å². The molecule has 7 heteroatoms. The maximum absolute atomic E-state index is 5.98. The van der Waals surface area contributed by atoms with Crippen LogP contribution in [0.25, 0.3) is 186 Å². The van der Waals surface area contributed by atoms with Crippen LogP contribution in [0.4, 0.5) is 0 Å². The highest BCUT2D eigenvalue weighted by Crippen LogP contribution is 2.56. The number of benzene rings is 14. The van der Waals surface area contributed by atoms with E-state index in [9.17, 15) is 0 Å². The van der Waals surface area contributed by atoms with Crippen molar-refractivity contribution in [1.29, 1.82) is 0 Å². The lowest BCUT2D eigenvalue weighted by atomic mass is 9.91. The molecule has 14 aromatic carbocycles. The summed E-state index contributed by atoms with van der Waals surface area (Å²) in [6, 6.07) is 121. The Bertz CT molecular complexity index is 6610. The van der Waals surface area contributed by atoms with Crippen molar-refractivity contribution in [2.24, 2.45) is 0 Å². The molecule has 6 heterocycles. The molecule has 0 spiro atoms. The number of hydrogen-bond acceptors (Lipinski definition) is 3. The number of pyridine rings is 1. The fraction of sp³-hybridized carbons (Fsp3) is 0.0217. The summed E-state index contributed by atoms with van der Waals surface area (Å²) in [6.45, 7) is 4.29. The van der Waals surface area contributed by atoms with Crippen LogP contribution in [0.2, 0.25) is 0 Å². The summed E-state index contributed by atoms with van der Waals surface area (Å²) in [7, 11) is 0. The Balaban J connectivity index is 1.10. The van der Waals surface area contributed by atoms with Crippen molar-refractivity contribution >= 4 is 109 Å². The van der Waals surface area contributed by atoms with Gasteiger partial charge in [0.25, 0.3) is 0 Å². The first-order chi connectivity index (χ1) is 49.0. The van der Waals surface area contributed by atoms with Gasteiger partial charge in [-0.05, 0) is 161 Å². The van der Waals surface area contributed by atoms with Crippen molar-refractivity contribution in [3.05, 3.63) is 339 Å². The molecule has 0 aliphatic rings. The van der Waals surface area contributed by atoms with Crippen molar-refractivity contribution in [2.75, 3.05) is 0 Å². The van der Waals surface area contributed by atoms with E-state index in [1.165, 1.54) is 0 Å². The molecule has 0 N–H and O–H groups in total. The summed E-state index contributed by atoms with van der Waals surface area (Å²) in [5.41, 5.74) is 27.6. The predicted octanol–water partition coefficient (Wildman–Crippen LogP) is 24.7. The van der Waals surface area contributed by atoms with Crippen LogP contribution in [0.15, 0.2) is 328 Å². The van der Waals surface area contributed by atoms with E-state index in [0.29, 0.717) is 0 Å². The van der Waals surface area contributed by atoms with Crippen molar-refractivity contribution < 1.29 is 0 Å². The van der Waals surface area contributed by atoms with Gasteiger partial charge in [0.1, 0.15) is 5.01 Å². The minimum Gasteiger partial charge on any atom is -0.306 e. The van der Waals surface area contributed by atoms with Crippen molar-refractivity contribution in [1.82, 2.24) is 28.2 Å². The van der Waals surface area contributed by atoms with Gasteiger partial charge >= 0.3 is 0 Å². The average molecular weight is 1280 g/mol. The molecule has 0 aliphatic heterocycles. The SMILES string of the molecule is Cc1cc(-c2c(-c3nc4ccccc4s3)c(-n3c4ccccc4c4cc(-c5ccccc5)ccc43)c(-n3c4ccccc4c4cc(-c5ccccc5)ccc43)c(-n3c4ccccc4c4cc(-c5ccccc5)ccc43)c2-n2c3ccccc3c3cc(-c4ccccc4)ccc32)cc(C)n1. The molecule has 20 aromatic rings. The molecule has 0 aliphatic carbocycles. The second-order valence-corrected chi connectivity index (χ2v) is 27.1. The molecular formula is C92H60N6S. The summed E-state index contributed by atoms with van der Waals surface area (Å²) in [5.74, 6) is 0. The minimum absolute atomic E-state index is 0.892. The fourth-order valence-electron chi connectivity index (χ4n) is 16.1. The highest BCUT2D eigenvalue weighted by molar-refractivity contribution is 7.21. The third kappa shape index (κ3) is 8.88. The second kappa shape index (κ2) is 22.5. The molecule has 0 atom stereocenters. The number of aromatic nitrogens is 6. The standard InChI is InChI=1S/C92H60N6S/c1-57-51-67(52-58(2)93-57)86-87(92-94-76-37-19-24-42-85(76)99-92)89(96-78-39-21-16-34-69(78)73-54-64(44-48-82(73)96)60-27-9-4-10-28-60)91(98-80-41-23-18-36-71(80)75-56-66(46-50-84(75)98)62-31-13-6-14-32-62)90(97-79-40-22-17-35-70(79)74-55-65(45-49-83(74)97)61-29-11-5-12-30-61)88(86)95-77-38-20-15-33-68(77)72-53-63(43-47-81(72)95)59-25-7-3-8-26-59/h3-56H,1-2H3. The van der Waals surface area contributed by atoms with Crippen LogP contribution in [0.3, 0.4) is 0 Å². The van der Waals surface area contributed by atoms with Gasteiger partial charge in [-0.1, -0.05) is 231 Å². The molecule has 464 valence electrons. The number of nitrogens with zero attached hydrogens (tertiary/aromatic N) is 6. The largest absolute Gasteiger partial charge is 0.306 e. The van der Waals surface area contributed by atoms with Gasteiger partial charge in [-0.15, -0.1) is 11.3 Å². The molecule has 0 radical (unpaired) electrons. The van der Waals surface area contributed by atoms with Gasteiger partial charge in [-0.3, -0.25) is 4.98 Å². The molecule has 0 amide bonds. The normalized spacial score (nSPS) is 11.9. The van der Waals surface area contributed by atoms with Crippen LogP contribution >= 0.6 is 11.3 Å². The topological polar surface area (TPSA) is 45.5 Å². The molecule has 99 heavy (non-hydrogen) atoms. The number of fused-ring (bicyclic) bond motifs is 13. The Morgan fingerprint density at radius 3 is 0.869 bits per heavy atom. The fourth-order valence-corrected chi connectivity index (χ4v) is 17.1. The predicted molar refractivity (Wildman–Crippen MR) is 417 cm³/mol. The van der Waals surface area contributed by atoms with Crippen LogP contribution in [-0.4, -0.2) is 28.2 Å². The highest BCUT2D eigenvalue weighted by atomic mass is 32.1. The maximum atomic E-state index is 5.98. The zero-order valence-corrected chi connectivity index (χ0v) is 55.1. The van der Waals surface area contributed by atoms with Crippen LogP contribution in [0.5, 0.6) is 0 Å². The molecule has 0 saturated heterocycles. The molecule has 0 unspecified atom stereocenters. The van der Waals surface area contributed by atoms with Crippen molar-refractivity contribution in [3.8, 4) is 89.0 Å². The molecule has 6 nitrogen and oxygen atoms in total. The quantitative estimate of drug-likeness (QED) is 0.137. The average Bonchev–Trinajstić information content (AvgIpc) is 1.59. The number of aryl methyl sites for hydroxylation is 2. The van der Waals surface area contributed by atoms with Gasteiger partial charge in [0.15, 0.2) is 0 Å². The second-order valence-electron chi connectivity index (χ2n) is 26.1. The Kier molecular flexibility index (Phi) is 12.9. The Labute approximate surface area is 575 Å². The van der Waals surface area contributed by atoms with E-state index in [4.69, 9.17) is 9.97 Å². The lowest BCUT2D eigenvalue weighted by Gasteiger charge is -2.31. The summed E-state index contributed by atoms with van der Waals surface area (Å²) in [6.07, 6.45) is 0. The first kappa shape index (κ1) is 56.6. The van der Waals surface area contributed by atoms with Crippen molar-refractivity contribution in [3.63, 3.8) is 0 Å². The Hall–Kier alpha value is -12.7. The molecule has 6 aromatic heterocycles. The highest BCUT2D eigenvalue weighted by Gasteiger charge is 2.37. The summed E-state index contributed by atoms with van der Waals surface area (Å²) < 4.78 is 11.6. The van der Waals surface area contributed by atoms with E-state index in [0.717, 1.165) is 198 Å². The number of para-hydroxylation sites is 5. The lowest BCUT2D eigenvalue weighted by Crippen LogP contribution is -2.16. The van der Waals surface area contributed by atoms with Crippen LogP contribution in [-0.2, 0) is 0 Å². The van der Waals surface area contributed by atoms with E-state index < -0.39 is 0 Å². The summed E-state index contributed by atoms with van der Waals surface area (Å²) >= 11 is 1.76. The van der Waals surface area contributed by atoms with Crippen LogP contribution in [0, 0.1) is 13.8 Å². The molecular weight excluding hydrogens is 1220 g/mol. The number of hydrogen-bond donors (Lipinski definition) is 0. The first-order valence-corrected chi connectivity index (χ1v) is 34.7. The smallest absolute Gasteiger partial charge is 0.127 e. The maximum Gasteiger partial charge on any atom is 0.127 e. The molecule has 20 rings (SSSR count). The van der Waals surface area contributed by atoms with Gasteiger partial charge in [0.2, 0.25) is 0 Å².